The first-order valence-corrected chi connectivity index (χ1v) is 9.45. The van der Waals surface area contributed by atoms with E-state index < -0.39 is 11.9 Å². The van der Waals surface area contributed by atoms with Crippen molar-refractivity contribution in [1.82, 2.24) is 10.3 Å². The van der Waals surface area contributed by atoms with Crippen LogP contribution in [0.25, 0.3) is 0 Å². The fraction of sp³-hybridized carbons (Fsp3) is 0.389. The normalized spacial score (nSPS) is 11.8. The van der Waals surface area contributed by atoms with E-state index in [0.29, 0.717) is 32.8 Å². The Morgan fingerprint density at radius 3 is 2.65 bits per heavy atom. The number of carbonyl (C=O) groups excluding carboxylic acids is 1. The van der Waals surface area contributed by atoms with Crippen LogP contribution < -0.4 is 10.1 Å². The molecule has 0 fully saturated rings. The van der Waals surface area contributed by atoms with Crippen LogP contribution in [0.4, 0.5) is 0 Å². The number of carboxylic acids is 1. The van der Waals surface area contributed by atoms with Gasteiger partial charge in [0.2, 0.25) is 0 Å². The number of benzene rings is 1. The molecule has 0 radical (unpaired) electrons. The zero-order chi connectivity index (χ0) is 19.1. The Hall–Kier alpha value is -2.12. The van der Waals surface area contributed by atoms with Crippen molar-refractivity contribution >= 4 is 34.8 Å². The van der Waals surface area contributed by atoms with E-state index >= 15 is 0 Å². The highest BCUT2D eigenvalue weighted by Crippen LogP contribution is 2.21. The number of nitrogens with zero attached hydrogens (tertiary/aromatic N) is 1. The van der Waals surface area contributed by atoms with Crippen LogP contribution in [0, 0.1) is 12.8 Å². The van der Waals surface area contributed by atoms with E-state index in [1.165, 1.54) is 11.3 Å². The summed E-state index contributed by atoms with van der Waals surface area (Å²) in [6.07, 6.45) is 1.27. The molecule has 0 aliphatic carbocycles. The van der Waals surface area contributed by atoms with Gasteiger partial charge >= 0.3 is 5.97 Å². The molecule has 2 N–H and O–H groups in total. The van der Waals surface area contributed by atoms with E-state index in [9.17, 15) is 9.59 Å². The summed E-state index contributed by atoms with van der Waals surface area (Å²) in [6.45, 7) is 4.01. The number of nitrogens with one attached hydrogen (secondary N) is 1. The molecule has 1 heterocycles. The number of halogens is 1. The van der Waals surface area contributed by atoms with Gasteiger partial charge in [-0.2, -0.15) is 0 Å². The first-order valence-electron chi connectivity index (χ1n) is 8.26. The molecule has 1 aromatic heterocycles. The number of carboxylic acid groups (broad SMARTS) is 1. The molecule has 0 aliphatic rings. The monoisotopic (exact) mass is 396 g/mol. The number of thiazole rings is 1. The Morgan fingerprint density at radius 1 is 1.35 bits per heavy atom. The molecule has 1 amide bonds. The number of aromatic nitrogens is 1. The predicted octanol–water partition coefficient (Wildman–Crippen LogP) is 3.91. The first kappa shape index (κ1) is 20.2. The molecule has 0 saturated heterocycles. The molecule has 0 spiro atoms. The molecule has 0 saturated carbocycles. The summed E-state index contributed by atoms with van der Waals surface area (Å²) in [7, 11) is 0. The van der Waals surface area contributed by atoms with Crippen molar-refractivity contribution in [1.29, 1.82) is 0 Å². The summed E-state index contributed by atoms with van der Waals surface area (Å²) in [5.41, 5.74) is 0.601. The van der Waals surface area contributed by atoms with Gasteiger partial charge in [-0.3, -0.25) is 9.59 Å². The van der Waals surface area contributed by atoms with E-state index in [-0.39, 0.29) is 19.1 Å². The number of hydrogen-bond donors (Lipinski definition) is 2. The topological polar surface area (TPSA) is 88.5 Å². The van der Waals surface area contributed by atoms with Gasteiger partial charge in [0.15, 0.2) is 0 Å². The molecular formula is C18H21ClN2O4S. The summed E-state index contributed by atoms with van der Waals surface area (Å²) in [5.74, 6) is -1.12. The fourth-order valence-electron chi connectivity index (χ4n) is 2.36. The molecule has 26 heavy (non-hydrogen) atoms. The summed E-state index contributed by atoms with van der Waals surface area (Å²) in [4.78, 5) is 28.3. The maximum absolute atomic E-state index is 12.3. The van der Waals surface area contributed by atoms with Crippen LogP contribution in [0.15, 0.2) is 24.3 Å². The van der Waals surface area contributed by atoms with Gasteiger partial charge in [-0.05, 0) is 37.6 Å². The number of rotatable bonds is 9. The number of carbonyl (C=O) groups is 2. The van der Waals surface area contributed by atoms with Crippen LogP contribution in [0.5, 0.6) is 5.75 Å². The molecular weight excluding hydrogens is 376 g/mol. The zero-order valence-corrected chi connectivity index (χ0v) is 16.2. The molecule has 0 bridgehead atoms. The third kappa shape index (κ3) is 5.71. The van der Waals surface area contributed by atoms with Crippen molar-refractivity contribution < 1.29 is 19.4 Å². The van der Waals surface area contributed by atoms with Gasteiger partial charge in [0.05, 0.1) is 11.6 Å². The van der Waals surface area contributed by atoms with Crippen molar-refractivity contribution in [2.24, 2.45) is 5.92 Å². The molecule has 8 heteroatoms. The van der Waals surface area contributed by atoms with Crippen molar-refractivity contribution in [3.05, 3.63) is 44.9 Å². The summed E-state index contributed by atoms with van der Waals surface area (Å²) < 4.78 is 5.64. The van der Waals surface area contributed by atoms with Gasteiger partial charge in [-0.15, -0.1) is 11.3 Å². The summed E-state index contributed by atoms with van der Waals surface area (Å²) >= 11 is 7.07. The van der Waals surface area contributed by atoms with Gasteiger partial charge in [-0.25, -0.2) is 4.98 Å². The van der Waals surface area contributed by atoms with Gasteiger partial charge < -0.3 is 15.2 Å². The van der Waals surface area contributed by atoms with Crippen molar-refractivity contribution in [3.8, 4) is 5.75 Å². The molecule has 1 atom stereocenters. The van der Waals surface area contributed by atoms with Crippen LogP contribution in [-0.4, -0.2) is 28.5 Å². The van der Waals surface area contributed by atoms with E-state index in [2.05, 4.69) is 10.3 Å². The highest BCUT2D eigenvalue weighted by Gasteiger charge is 2.20. The zero-order valence-electron chi connectivity index (χ0n) is 14.6. The molecule has 0 aliphatic heterocycles. The highest BCUT2D eigenvalue weighted by molar-refractivity contribution is 7.13. The minimum Gasteiger partial charge on any atom is -0.486 e. The molecule has 1 aromatic carbocycles. The van der Waals surface area contributed by atoms with Crippen molar-refractivity contribution in [3.63, 3.8) is 0 Å². The van der Waals surface area contributed by atoms with Crippen LogP contribution in [0.2, 0.25) is 5.02 Å². The summed E-state index contributed by atoms with van der Waals surface area (Å²) in [6, 6.07) is 6.99. The average molecular weight is 397 g/mol. The van der Waals surface area contributed by atoms with Gasteiger partial charge in [0, 0.05) is 11.6 Å². The van der Waals surface area contributed by atoms with Gasteiger partial charge in [0.25, 0.3) is 5.91 Å². The lowest BCUT2D eigenvalue weighted by Gasteiger charge is -2.11. The molecule has 6 nitrogen and oxygen atoms in total. The Bertz CT molecular complexity index is 761. The second-order valence-corrected chi connectivity index (χ2v) is 7.32. The van der Waals surface area contributed by atoms with Crippen LogP contribution in [-0.2, 0) is 11.4 Å². The number of ether oxygens (including phenoxy) is 1. The number of amides is 1. The minimum absolute atomic E-state index is 0.107. The lowest BCUT2D eigenvalue weighted by molar-refractivity contribution is -0.141. The number of aryl methyl sites for hydroxylation is 1. The molecule has 140 valence electrons. The van der Waals surface area contributed by atoms with E-state index in [4.69, 9.17) is 21.4 Å². The third-order valence-corrected chi connectivity index (χ3v) is 5.10. The Balaban J connectivity index is 1.94. The SMILES string of the molecule is CCCC(CNC(=O)c1sc(COc2ccc(Cl)cc2)nc1C)C(=O)O. The van der Waals surface area contributed by atoms with Gasteiger partial charge in [-0.1, -0.05) is 24.9 Å². The second kappa shape index (κ2) is 9.54. The average Bonchev–Trinajstić information content (AvgIpc) is 2.98. The standard InChI is InChI=1S/C18H21ClN2O4S/c1-3-4-12(18(23)24)9-20-17(22)16-11(2)21-15(26-16)10-25-14-7-5-13(19)6-8-14/h5-8,12H,3-4,9-10H2,1-2H3,(H,20,22)(H,23,24). The smallest absolute Gasteiger partial charge is 0.308 e. The quantitative estimate of drug-likeness (QED) is 0.670. The number of hydrogen-bond acceptors (Lipinski definition) is 5. The maximum Gasteiger partial charge on any atom is 0.308 e. The Kier molecular flexibility index (Phi) is 7.41. The van der Waals surface area contributed by atoms with Crippen molar-refractivity contribution in [2.45, 2.75) is 33.3 Å². The minimum atomic E-state index is -0.898. The third-order valence-electron chi connectivity index (χ3n) is 3.72. The predicted molar refractivity (Wildman–Crippen MR) is 101 cm³/mol. The lowest BCUT2D eigenvalue weighted by atomic mass is 10.0. The second-order valence-electron chi connectivity index (χ2n) is 5.80. The van der Waals surface area contributed by atoms with Gasteiger partial charge in [0.1, 0.15) is 22.2 Å². The Labute approximate surface area is 161 Å². The fourth-order valence-corrected chi connectivity index (χ4v) is 3.38. The molecule has 2 aromatic rings. The van der Waals surface area contributed by atoms with Crippen LogP contribution >= 0.6 is 22.9 Å². The summed E-state index contributed by atoms with van der Waals surface area (Å²) in [5, 5.41) is 13.2. The highest BCUT2D eigenvalue weighted by atomic mass is 35.5. The van der Waals surface area contributed by atoms with Crippen molar-refractivity contribution in [2.75, 3.05) is 6.54 Å². The largest absolute Gasteiger partial charge is 0.486 e. The van der Waals surface area contributed by atoms with E-state index in [1.807, 2.05) is 6.92 Å². The lowest BCUT2D eigenvalue weighted by Crippen LogP contribution is -2.32. The van der Waals surface area contributed by atoms with E-state index in [0.717, 1.165) is 6.42 Å². The van der Waals surface area contributed by atoms with Crippen LogP contribution in [0.1, 0.15) is 40.1 Å². The number of aliphatic carboxylic acids is 1. The van der Waals surface area contributed by atoms with Crippen LogP contribution in [0.3, 0.4) is 0 Å². The Morgan fingerprint density at radius 2 is 2.04 bits per heavy atom. The molecule has 2 rings (SSSR count). The first-order chi connectivity index (χ1) is 12.4. The maximum atomic E-state index is 12.3. The molecule has 1 unspecified atom stereocenters. The van der Waals surface area contributed by atoms with E-state index in [1.54, 1.807) is 31.2 Å².